The quantitative estimate of drug-likeness (QED) is 0.379. The van der Waals surface area contributed by atoms with Crippen molar-refractivity contribution in [2.45, 2.75) is 31.2 Å². The molecule has 1 fully saturated rings. The van der Waals surface area contributed by atoms with E-state index in [0.717, 1.165) is 6.54 Å². The Morgan fingerprint density at radius 3 is 2.64 bits per heavy atom. The van der Waals surface area contributed by atoms with E-state index in [1.54, 1.807) is 18.4 Å². The van der Waals surface area contributed by atoms with Crippen LogP contribution < -0.4 is 10.6 Å². The summed E-state index contributed by atoms with van der Waals surface area (Å²) in [6.45, 7) is 2.90. The van der Waals surface area contributed by atoms with Gasteiger partial charge in [-0.3, -0.25) is 4.99 Å². The third-order valence-electron chi connectivity index (χ3n) is 4.39. The molecule has 136 valence electrons. The van der Waals surface area contributed by atoms with Crippen molar-refractivity contribution < 1.29 is 8.78 Å². The first-order chi connectivity index (χ1) is 11.6. The lowest BCUT2D eigenvalue weighted by atomic mass is 10.1. The van der Waals surface area contributed by atoms with E-state index in [-0.39, 0.29) is 41.5 Å². The van der Waals surface area contributed by atoms with Crippen molar-refractivity contribution in [2.75, 3.05) is 13.6 Å². The first kappa shape index (κ1) is 20.1. The fourth-order valence-corrected chi connectivity index (χ4v) is 3.61. The van der Waals surface area contributed by atoms with Crippen LogP contribution in [0.3, 0.4) is 0 Å². The summed E-state index contributed by atoms with van der Waals surface area (Å²) in [7, 11) is 1.70. The van der Waals surface area contributed by atoms with Crippen LogP contribution in [0.1, 0.15) is 36.3 Å². The van der Waals surface area contributed by atoms with Gasteiger partial charge in [0.1, 0.15) is 11.6 Å². The summed E-state index contributed by atoms with van der Waals surface area (Å²) < 4.78 is 27.7. The molecule has 25 heavy (non-hydrogen) atoms. The molecule has 1 saturated carbocycles. The maximum Gasteiger partial charge on any atom is 0.191 e. The van der Waals surface area contributed by atoms with Crippen molar-refractivity contribution in [2.24, 2.45) is 4.99 Å². The molecule has 7 heteroatoms. The van der Waals surface area contributed by atoms with Crippen LogP contribution in [-0.4, -0.2) is 25.6 Å². The lowest BCUT2D eigenvalue weighted by Gasteiger charge is -2.15. The van der Waals surface area contributed by atoms with Gasteiger partial charge < -0.3 is 10.6 Å². The van der Waals surface area contributed by atoms with E-state index in [9.17, 15) is 8.78 Å². The minimum atomic E-state index is -0.474. The predicted octanol–water partition coefficient (Wildman–Crippen LogP) is 4.47. The largest absolute Gasteiger partial charge is 0.356 e. The van der Waals surface area contributed by atoms with E-state index >= 15 is 0 Å². The number of benzene rings is 1. The fraction of sp³-hybridized carbons (Fsp3) is 0.389. The van der Waals surface area contributed by atoms with E-state index in [2.05, 4.69) is 39.4 Å². The maximum absolute atomic E-state index is 13.8. The zero-order valence-electron chi connectivity index (χ0n) is 14.1. The number of thiophene rings is 1. The van der Waals surface area contributed by atoms with Crippen molar-refractivity contribution in [3.8, 4) is 0 Å². The Kier molecular flexibility index (Phi) is 7.18. The molecule has 1 aliphatic carbocycles. The molecule has 1 aromatic carbocycles. The van der Waals surface area contributed by atoms with Crippen LogP contribution >= 0.6 is 35.3 Å². The van der Waals surface area contributed by atoms with Crippen molar-refractivity contribution >= 4 is 41.3 Å². The highest BCUT2D eigenvalue weighted by molar-refractivity contribution is 14.0. The number of guanidine groups is 1. The first-order valence-electron chi connectivity index (χ1n) is 8.03. The summed E-state index contributed by atoms with van der Waals surface area (Å²) in [5.74, 6) is -0.0501. The molecule has 1 aromatic heterocycles. The Morgan fingerprint density at radius 2 is 2.04 bits per heavy atom. The van der Waals surface area contributed by atoms with Crippen LogP contribution in [0.4, 0.5) is 8.78 Å². The summed E-state index contributed by atoms with van der Waals surface area (Å²) >= 11 is 1.68. The molecule has 3 atom stereocenters. The minimum Gasteiger partial charge on any atom is -0.356 e. The second-order valence-electron chi connectivity index (χ2n) is 6.14. The highest BCUT2D eigenvalue weighted by Gasteiger charge is 2.42. The molecule has 2 aromatic rings. The average molecular weight is 477 g/mol. The number of rotatable bonds is 5. The van der Waals surface area contributed by atoms with Crippen LogP contribution in [0.25, 0.3) is 0 Å². The Morgan fingerprint density at radius 1 is 1.32 bits per heavy atom. The molecular formula is C18H22F2IN3S. The molecular weight excluding hydrogens is 455 g/mol. The van der Waals surface area contributed by atoms with Crippen LogP contribution in [-0.2, 0) is 0 Å². The standard InChI is InChI=1S/C18H21F2N3S.HI/c1-11(12-6-7-24-10-12)9-22-18(21-2)23-16-8-13(16)17-14(19)4-3-5-15(17)20;/h3-7,10-11,13,16H,8-9H2,1-2H3,(H2,21,22,23);1H. The van der Waals surface area contributed by atoms with Gasteiger partial charge in [0.2, 0.25) is 0 Å². The molecule has 0 bridgehead atoms. The molecule has 0 saturated heterocycles. The lowest BCUT2D eigenvalue weighted by Crippen LogP contribution is -2.40. The van der Waals surface area contributed by atoms with Gasteiger partial charge in [0.05, 0.1) is 0 Å². The smallest absolute Gasteiger partial charge is 0.191 e. The van der Waals surface area contributed by atoms with Gasteiger partial charge in [0, 0.05) is 31.1 Å². The van der Waals surface area contributed by atoms with E-state index in [1.165, 1.54) is 23.8 Å². The summed E-state index contributed by atoms with van der Waals surface area (Å²) in [5, 5.41) is 10.7. The van der Waals surface area contributed by atoms with E-state index in [1.807, 2.05) is 0 Å². The zero-order chi connectivity index (χ0) is 17.1. The average Bonchev–Trinajstić information content (AvgIpc) is 3.09. The van der Waals surface area contributed by atoms with Gasteiger partial charge in [0.25, 0.3) is 0 Å². The normalized spacial score (nSPS) is 20.6. The van der Waals surface area contributed by atoms with Gasteiger partial charge in [0.15, 0.2) is 5.96 Å². The molecule has 1 aliphatic rings. The van der Waals surface area contributed by atoms with Crippen LogP contribution in [0.2, 0.25) is 0 Å². The van der Waals surface area contributed by atoms with Gasteiger partial charge in [-0.15, -0.1) is 24.0 Å². The monoisotopic (exact) mass is 477 g/mol. The molecule has 3 unspecified atom stereocenters. The summed E-state index contributed by atoms with van der Waals surface area (Å²) in [5.41, 5.74) is 1.47. The summed E-state index contributed by atoms with van der Waals surface area (Å²) in [6, 6.07) is 6.14. The minimum absolute atomic E-state index is 0. The third-order valence-corrected chi connectivity index (χ3v) is 5.10. The van der Waals surface area contributed by atoms with Gasteiger partial charge >= 0.3 is 0 Å². The number of hydrogen-bond acceptors (Lipinski definition) is 2. The number of hydrogen-bond donors (Lipinski definition) is 2. The van der Waals surface area contributed by atoms with Gasteiger partial charge in [-0.05, 0) is 46.9 Å². The van der Waals surface area contributed by atoms with E-state index in [0.29, 0.717) is 18.3 Å². The Bertz CT molecular complexity index is 701. The molecule has 3 nitrogen and oxygen atoms in total. The highest BCUT2D eigenvalue weighted by atomic mass is 127. The van der Waals surface area contributed by atoms with Crippen molar-refractivity contribution in [1.82, 2.24) is 10.6 Å². The SMILES string of the molecule is CN=C(NCC(C)c1ccsc1)NC1CC1c1c(F)cccc1F.I. The van der Waals surface area contributed by atoms with Gasteiger partial charge in [-0.1, -0.05) is 13.0 Å². The molecule has 2 N–H and O–H groups in total. The highest BCUT2D eigenvalue weighted by Crippen LogP contribution is 2.43. The Labute approximate surface area is 168 Å². The zero-order valence-corrected chi connectivity index (χ0v) is 17.3. The van der Waals surface area contributed by atoms with Crippen molar-refractivity contribution in [1.29, 1.82) is 0 Å². The Balaban J connectivity index is 0.00000225. The number of halogens is 3. The maximum atomic E-state index is 13.8. The molecule has 0 spiro atoms. The van der Waals surface area contributed by atoms with Gasteiger partial charge in [-0.25, -0.2) is 8.78 Å². The van der Waals surface area contributed by atoms with Gasteiger partial charge in [-0.2, -0.15) is 11.3 Å². The van der Waals surface area contributed by atoms with Crippen molar-refractivity contribution in [3.63, 3.8) is 0 Å². The summed E-state index contributed by atoms with van der Waals surface area (Å²) in [4.78, 5) is 4.20. The van der Waals surface area contributed by atoms with Crippen molar-refractivity contribution in [3.05, 3.63) is 57.8 Å². The second-order valence-corrected chi connectivity index (χ2v) is 6.92. The van der Waals surface area contributed by atoms with Crippen LogP contribution in [0, 0.1) is 11.6 Å². The lowest BCUT2D eigenvalue weighted by molar-refractivity contribution is 0.553. The summed E-state index contributed by atoms with van der Waals surface area (Å²) in [6.07, 6.45) is 0.707. The number of nitrogens with one attached hydrogen (secondary N) is 2. The van der Waals surface area contributed by atoms with Crippen LogP contribution in [0.5, 0.6) is 0 Å². The number of nitrogens with zero attached hydrogens (tertiary/aromatic N) is 1. The van der Waals surface area contributed by atoms with Crippen LogP contribution in [0.15, 0.2) is 40.0 Å². The topological polar surface area (TPSA) is 36.4 Å². The van der Waals surface area contributed by atoms with E-state index in [4.69, 9.17) is 0 Å². The molecule has 0 amide bonds. The molecule has 0 radical (unpaired) electrons. The first-order valence-corrected chi connectivity index (χ1v) is 8.97. The molecule has 3 rings (SSSR count). The molecule has 1 heterocycles. The second kappa shape index (κ2) is 8.93. The fourth-order valence-electron chi connectivity index (χ4n) is 2.83. The predicted molar refractivity (Wildman–Crippen MR) is 110 cm³/mol. The third kappa shape index (κ3) is 4.91. The number of aliphatic imine (C=N–C) groups is 1. The van der Waals surface area contributed by atoms with E-state index < -0.39 is 11.6 Å². The molecule has 0 aliphatic heterocycles. The Hall–Kier alpha value is -1.22.